The third kappa shape index (κ3) is 3.83. The zero-order chi connectivity index (χ0) is 21.4. The van der Waals surface area contributed by atoms with Crippen molar-refractivity contribution in [3.05, 3.63) is 55.7 Å². The van der Waals surface area contributed by atoms with E-state index >= 15 is 0 Å². The summed E-state index contributed by atoms with van der Waals surface area (Å²) < 4.78 is 6.47. The predicted octanol–water partition coefficient (Wildman–Crippen LogP) is 4.50. The average molecular weight is 461 g/mol. The van der Waals surface area contributed by atoms with Crippen LogP contribution >= 0.6 is 34.3 Å². The number of fused-ring (bicyclic) bond motifs is 1. The van der Waals surface area contributed by atoms with E-state index in [4.69, 9.17) is 16.3 Å². The molecule has 154 valence electrons. The Morgan fingerprint density at radius 1 is 1.33 bits per heavy atom. The van der Waals surface area contributed by atoms with E-state index in [1.54, 1.807) is 19.2 Å². The first-order chi connectivity index (χ1) is 14.4. The third-order valence-corrected chi connectivity index (χ3v) is 6.84. The lowest BCUT2D eigenvalue weighted by Gasteiger charge is -2.06. The van der Waals surface area contributed by atoms with Gasteiger partial charge in [0.15, 0.2) is 5.13 Å². The van der Waals surface area contributed by atoms with Crippen molar-refractivity contribution in [1.82, 2.24) is 14.5 Å². The van der Waals surface area contributed by atoms with Crippen LogP contribution in [0.5, 0.6) is 5.75 Å². The van der Waals surface area contributed by atoms with Gasteiger partial charge in [0.2, 0.25) is 5.91 Å². The Kier molecular flexibility index (Phi) is 5.59. The second-order valence-electron chi connectivity index (χ2n) is 6.58. The molecule has 0 aliphatic heterocycles. The molecule has 0 fully saturated rings. The number of amides is 1. The quantitative estimate of drug-likeness (QED) is 0.474. The Morgan fingerprint density at radius 2 is 2.13 bits per heavy atom. The van der Waals surface area contributed by atoms with Crippen LogP contribution in [0.25, 0.3) is 21.5 Å². The molecular weight excluding hydrogens is 444 g/mol. The molecule has 0 saturated carbocycles. The number of rotatable bonds is 5. The number of thiophene rings is 1. The fourth-order valence-corrected chi connectivity index (χ4v) is 4.97. The van der Waals surface area contributed by atoms with Gasteiger partial charge in [0.25, 0.3) is 5.56 Å². The highest BCUT2D eigenvalue weighted by atomic mass is 35.5. The molecule has 4 rings (SSSR count). The Balaban J connectivity index is 1.51. The predicted molar refractivity (Wildman–Crippen MR) is 121 cm³/mol. The van der Waals surface area contributed by atoms with Crippen molar-refractivity contribution < 1.29 is 9.53 Å². The normalized spacial score (nSPS) is 11.1. The lowest BCUT2D eigenvalue weighted by molar-refractivity contribution is -0.116. The van der Waals surface area contributed by atoms with Gasteiger partial charge in [-0.15, -0.1) is 22.7 Å². The number of aromatic nitrogens is 3. The van der Waals surface area contributed by atoms with Crippen molar-refractivity contribution in [2.75, 3.05) is 12.4 Å². The van der Waals surface area contributed by atoms with E-state index in [0.29, 0.717) is 31.8 Å². The lowest BCUT2D eigenvalue weighted by Crippen LogP contribution is -2.27. The van der Waals surface area contributed by atoms with Gasteiger partial charge in [-0.2, -0.15) is 0 Å². The third-order valence-electron chi connectivity index (χ3n) is 4.67. The topological polar surface area (TPSA) is 86.1 Å². The van der Waals surface area contributed by atoms with Crippen LogP contribution in [0.3, 0.4) is 0 Å². The molecule has 0 aliphatic rings. The van der Waals surface area contributed by atoms with Crippen LogP contribution in [-0.2, 0) is 11.3 Å². The standard InChI is InChI=1S/C20H17ClN4O3S2/c1-10-11(2)30-18-17(10)19(27)25(9-22-18)7-16(26)24-20-23-14(8-29-20)12-4-5-15(28-3)13(21)6-12/h4-6,8-9H,7H2,1-3H3,(H,23,24,26). The summed E-state index contributed by atoms with van der Waals surface area (Å²) in [6.45, 7) is 3.71. The summed E-state index contributed by atoms with van der Waals surface area (Å²) in [5, 5.41) is 6.05. The molecule has 0 atom stereocenters. The van der Waals surface area contributed by atoms with Gasteiger partial charge in [0.1, 0.15) is 17.1 Å². The van der Waals surface area contributed by atoms with Crippen molar-refractivity contribution in [1.29, 1.82) is 0 Å². The van der Waals surface area contributed by atoms with E-state index in [-0.39, 0.29) is 18.0 Å². The molecule has 1 N–H and O–H groups in total. The lowest BCUT2D eigenvalue weighted by atomic mass is 10.2. The molecule has 1 aromatic carbocycles. The average Bonchev–Trinajstić information content (AvgIpc) is 3.29. The number of hydrogen-bond acceptors (Lipinski definition) is 7. The van der Waals surface area contributed by atoms with Crippen LogP contribution in [0.4, 0.5) is 5.13 Å². The molecule has 0 spiro atoms. The van der Waals surface area contributed by atoms with E-state index in [9.17, 15) is 9.59 Å². The second kappa shape index (κ2) is 8.17. The van der Waals surface area contributed by atoms with Crippen LogP contribution in [0.15, 0.2) is 34.7 Å². The van der Waals surface area contributed by atoms with Gasteiger partial charge in [-0.3, -0.25) is 14.2 Å². The molecule has 10 heteroatoms. The maximum absolute atomic E-state index is 12.7. The number of halogens is 1. The van der Waals surface area contributed by atoms with Crippen LogP contribution in [0, 0.1) is 13.8 Å². The summed E-state index contributed by atoms with van der Waals surface area (Å²) in [5.74, 6) is 0.229. The number of hydrogen-bond donors (Lipinski definition) is 1. The van der Waals surface area contributed by atoms with Crippen molar-refractivity contribution in [2.45, 2.75) is 20.4 Å². The smallest absolute Gasteiger partial charge is 0.262 e. The van der Waals surface area contributed by atoms with Gasteiger partial charge in [0.05, 0.1) is 29.5 Å². The molecule has 0 saturated heterocycles. The van der Waals surface area contributed by atoms with Gasteiger partial charge >= 0.3 is 0 Å². The number of nitrogens with one attached hydrogen (secondary N) is 1. The number of aryl methyl sites for hydroxylation is 2. The highest BCUT2D eigenvalue weighted by Crippen LogP contribution is 2.31. The fraction of sp³-hybridized carbons (Fsp3) is 0.200. The van der Waals surface area contributed by atoms with Gasteiger partial charge in [-0.05, 0) is 37.6 Å². The van der Waals surface area contributed by atoms with Crippen LogP contribution < -0.4 is 15.6 Å². The van der Waals surface area contributed by atoms with Gasteiger partial charge < -0.3 is 10.1 Å². The zero-order valence-electron chi connectivity index (χ0n) is 16.4. The number of benzene rings is 1. The van der Waals surface area contributed by atoms with E-state index in [2.05, 4.69) is 15.3 Å². The Morgan fingerprint density at radius 3 is 2.87 bits per heavy atom. The molecule has 7 nitrogen and oxygen atoms in total. The summed E-state index contributed by atoms with van der Waals surface area (Å²) in [4.78, 5) is 35.7. The number of anilines is 1. The van der Waals surface area contributed by atoms with E-state index in [0.717, 1.165) is 16.0 Å². The highest BCUT2D eigenvalue weighted by Gasteiger charge is 2.15. The SMILES string of the molecule is COc1ccc(-c2csc(NC(=O)Cn3cnc4sc(C)c(C)c4c3=O)n2)cc1Cl. The molecule has 0 radical (unpaired) electrons. The molecule has 1 amide bonds. The van der Waals surface area contributed by atoms with Crippen LogP contribution in [0.1, 0.15) is 10.4 Å². The highest BCUT2D eigenvalue weighted by molar-refractivity contribution is 7.18. The Hall–Kier alpha value is -2.75. The van der Waals surface area contributed by atoms with Gasteiger partial charge in [0, 0.05) is 15.8 Å². The summed E-state index contributed by atoms with van der Waals surface area (Å²) in [5.41, 5.74) is 2.19. The molecule has 3 heterocycles. The first kappa shape index (κ1) is 20.5. The number of methoxy groups -OCH3 is 1. The molecule has 30 heavy (non-hydrogen) atoms. The number of carbonyl (C=O) groups excluding carboxylic acids is 1. The summed E-state index contributed by atoms with van der Waals surface area (Å²) in [6, 6.07) is 5.36. The molecule has 4 aromatic rings. The Bertz CT molecular complexity index is 1330. The number of nitrogens with zero attached hydrogens (tertiary/aromatic N) is 3. The maximum Gasteiger partial charge on any atom is 0.262 e. The van der Waals surface area contributed by atoms with Crippen molar-refractivity contribution in [3.63, 3.8) is 0 Å². The number of ether oxygens (including phenoxy) is 1. The minimum Gasteiger partial charge on any atom is -0.495 e. The van der Waals surface area contributed by atoms with Crippen LogP contribution in [0.2, 0.25) is 5.02 Å². The van der Waals surface area contributed by atoms with E-state index in [1.165, 1.54) is 33.6 Å². The van der Waals surface area contributed by atoms with Gasteiger partial charge in [-0.25, -0.2) is 9.97 Å². The van der Waals surface area contributed by atoms with E-state index < -0.39 is 0 Å². The molecule has 0 aliphatic carbocycles. The molecule has 0 bridgehead atoms. The summed E-state index contributed by atoms with van der Waals surface area (Å²) in [7, 11) is 1.55. The van der Waals surface area contributed by atoms with E-state index in [1.807, 2.05) is 25.3 Å². The molecule has 0 unspecified atom stereocenters. The number of thiazole rings is 1. The second-order valence-corrected chi connectivity index (χ2v) is 9.04. The minimum atomic E-state index is -0.350. The first-order valence-corrected chi connectivity index (χ1v) is 11.0. The van der Waals surface area contributed by atoms with Gasteiger partial charge in [-0.1, -0.05) is 11.6 Å². The maximum atomic E-state index is 12.7. The van der Waals surface area contributed by atoms with Crippen molar-refractivity contribution >= 4 is 55.5 Å². The largest absolute Gasteiger partial charge is 0.495 e. The van der Waals surface area contributed by atoms with Crippen molar-refractivity contribution in [3.8, 4) is 17.0 Å². The zero-order valence-corrected chi connectivity index (χ0v) is 18.7. The van der Waals surface area contributed by atoms with Crippen LogP contribution in [-0.4, -0.2) is 27.6 Å². The fourth-order valence-electron chi connectivity index (χ4n) is 2.99. The van der Waals surface area contributed by atoms with Crippen molar-refractivity contribution in [2.24, 2.45) is 0 Å². The Labute approximate surface area is 184 Å². The summed E-state index contributed by atoms with van der Waals surface area (Å²) in [6.07, 6.45) is 1.41. The summed E-state index contributed by atoms with van der Waals surface area (Å²) >= 11 is 8.94. The minimum absolute atomic E-state index is 0.139. The molecular formula is C20H17ClN4O3S2. The first-order valence-electron chi connectivity index (χ1n) is 8.91. The number of carbonyl (C=O) groups is 1. The molecule has 3 aromatic heterocycles. The monoisotopic (exact) mass is 460 g/mol.